The molecule has 0 spiro atoms. The van der Waals surface area contributed by atoms with Crippen LogP contribution in [0.3, 0.4) is 0 Å². The molecule has 226 valence electrons. The van der Waals surface area contributed by atoms with E-state index in [4.69, 9.17) is 9.47 Å². The van der Waals surface area contributed by atoms with Crippen molar-refractivity contribution < 1.29 is 27.4 Å². The normalized spacial score (nSPS) is 21.1. The first-order valence-electron chi connectivity index (χ1n) is 14.4. The molecule has 2 aliphatic heterocycles. The second-order valence-corrected chi connectivity index (χ2v) is 11.0. The fourth-order valence-electron chi connectivity index (χ4n) is 5.61. The number of halogens is 3. The smallest absolute Gasteiger partial charge is 0.369 e. The first-order chi connectivity index (χ1) is 20.8. The summed E-state index contributed by atoms with van der Waals surface area (Å²) < 4.78 is 52.1. The third-order valence-electron chi connectivity index (χ3n) is 7.89. The molecule has 0 radical (unpaired) electrons. The number of nitrogens with zero attached hydrogens (tertiary/aromatic N) is 5. The van der Waals surface area contributed by atoms with Gasteiger partial charge in [-0.1, -0.05) is 6.07 Å². The van der Waals surface area contributed by atoms with Gasteiger partial charge in [0.25, 0.3) is 0 Å². The van der Waals surface area contributed by atoms with Gasteiger partial charge in [-0.15, -0.1) is 0 Å². The van der Waals surface area contributed by atoms with Crippen LogP contribution < -0.4 is 10.6 Å². The molecule has 0 aliphatic carbocycles. The van der Waals surface area contributed by atoms with Crippen molar-refractivity contribution in [2.75, 3.05) is 23.8 Å². The third kappa shape index (κ3) is 6.47. The molecule has 2 aliphatic rings. The van der Waals surface area contributed by atoms with Gasteiger partial charge >= 0.3 is 6.18 Å². The Labute approximate surface area is 246 Å². The second-order valence-electron chi connectivity index (χ2n) is 11.0. The minimum absolute atomic E-state index is 0.0135. The largest absolute Gasteiger partial charge is 0.414 e. The van der Waals surface area contributed by atoms with E-state index in [9.17, 15) is 18.0 Å². The van der Waals surface area contributed by atoms with Gasteiger partial charge in [0.1, 0.15) is 29.6 Å². The average molecular weight is 596 g/mol. The summed E-state index contributed by atoms with van der Waals surface area (Å²) >= 11 is 0. The van der Waals surface area contributed by atoms with Gasteiger partial charge in [0.2, 0.25) is 5.91 Å². The Morgan fingerprint density at radius 3 is 2.77 bits per heavy atom. The number of carbonyl (C=O) groups is 1. The molecule has 2 saturated heterocycles. The molecule has 6 rings (SSSR count). The quantitative estimate of drug-likeness (QED) is 0.255. The molecule has 13 heteroatoms. The average Bonchev–Trinajstić information content (AvgIpc) is 3.44. The Morgan fingerprint density at radius 2 is 1.95 bits per heavy atom. The molecule has 1 amide bonds. The molecule has 43 heavy (non-hydrogen) atoms. The first kappa shape index (κ1) is 29.0. The molecule has 0 bridgehead atoms. The number of carbonyl (C=O) groups excluding carboxylic acids is 1. The highest BCUT2D eigenvalue weighted by atomic mass is 19.4. The summed E-state index contributed by atoms with van der Waals surface area (Å²) in [5, 5.41) is 6.20. The Hall–Kier alpha value is -4.10. The maximum atomic E-state index is 13.1. The Balaban J connectivity index is 1.20. The lowest BCUT2D eigenvalue weighted by Gasteiger charge is -2.30. The summed E-state index contributed by atoms with van der Waals surface area (Å²) in [6.45, 7) is 2.61. The van der Waals surface area contributed by atoms with Crippen molar-refractivity contribution in [3.05, 3.63) is 54.7 Å². The molecule has 3 aromatic heterocycles. The molecule has 3 atom stereocenters. The van der Waals surface area contributed by atoms with E-state index in [0.717, 1.165) is 30.4 Å². The van der Waals surface area contributed by atoms with Gasteiger partial charge in [0.15, 0.2) is 11.8 Å². The van der Waals surface area contributed by atoms with E-state index in [-0.39, 0.29) is 31.6 Å². The molecule has 1 aromatic carbocycles. The summed E-state index contributed by atoms with van der Waals surface area (Å²) in [4.78, 5) is 31.0. The molecule has 4 aromatic rings. The lowest BCUT2D eigenvalue weighted by molar-refractivity contribution is -0.235. The van der Waals surface area contributed by atoms with Crippen LogP contribution in [0.5, 0.6) is 0 Å². The van der Waals surface area contributed by atoms with Crippen LogP contribution in [0, 0.1) is 12.8 Å². The number of nitrogens with one attached hydrogen (secondary N) is 2. The molecule has 2 fully saturated rings. The van der Waals surface area contributed by atoms with Gasteiger partial charge in [-0.05, 0) is 74.8 Å². The summed E-state index contributed by atoms with van der Waals surface area (Å²) in [6.07, 6.45) is 1.71. The highest BCUT2D eigenvalue weighted by Gasteiger charge is 2.43. The lowest BCUT2D eigenvalue weighted by atomic mass is 9.92. The fraction of sp³-hybridized carbons (Fsp3) is 0.433. The zero-order valence-electron chi connectivity index (χ0n) is 23.6. The number of rotatable bonds is 7. The molecule has 0 saturated carbocycles. The van der Waals surface area contributed by atoms with Crippen LogP contribution in [0.25, 0.3) is 22.4 Å². The maximum absolute atomic E-state index is 13.1. The number of aryl methyl sites for hydroxylation is 1. The number of fused-ring (bicyclic) bond motifs is 1. The highest BCUT2D eigenvalue weighted by molar-refractivity contribution is 5.93. The van der Waals surface area contributed by atoms with E-state index in [2.05, 4.69) is 30.6 Å². The topological polar surface area (TPSA) is 116 Å². The van der Waals surface area contributed by atoms with Crippen molar-refractivity contribution in [1.29, 1.82) is 0 Å². The molecular weight excluding hydrogens is 563 g/mol. The maximum Gasteiger partial charge on any atom is 0.414 e. The Morgan fingerprint density at radius 1 is 1.07 bits per heavy atom. The van der Waals surface area contributed by atoms with E-state index in [1.165, 1.54) is 6.33 Å². The number of imidazole rings is 1. The van der Waals surface area contributed by atoms with Crippen molar-refractivity contribution in [1.82, 2.24) is 24.5 Å². The predicted octanol–water partition coefficient (Wildman–Crippen LogP) is 6.33. The Kier molecular flexibility index (Phi) is 8.26. The number of ether oxygens (including phenoxy) is 2. The molecule has 3 unspecified atom stereocenters. The summed E-state index contributed by atoms with van der Waals surface area (Å²) in [6, 6.07) is 9.10. The van der Waals surface area contributed by atoms with Crippen molar-refractivity contribution in [2.24, 2.45) is 5.92 Å². The minimum Gasteiger partial charge on any atom is -0.369 e. The highest BCUT2D eigenvalue weighted by Crippen LogP contribution is 2.36. The zero-order valence-corrected chi connectivity index (χ0v) is 23.6. The number of pyridine rings is 1. The van der Waals surface area contributed by atoms with Crippen molar-refractivity contribution in [3.63, 3.8) is 0 Å². The first-order valence-corrected chi connectivity index (χ1v) is 14.4. The van der Waals surface area contributed by atoms with Crippen molar-refractivity contribution in [3.8, 4) is 11.3 Å². The number of alkyl halides is 3. The summed E-state index contributed by atoms with van der Waals surface area (Å²) in [7, 11) is 0. The molecule has 5 heterocycles. The molecule has 10 nitrogen and oxygen atoms in total. The van der Waals surface area contributed by atoms with Crippen molar-refractivity contribution in [2.45, 2.75) is 64.0 Å². The van der Waals surface area contributed by atoms with E-state index in [1.807, 2.05) is 29.7 Å². The van der Waals surface area contributed by atoms with Crippen LogP contribution in [0.2, 0.25) is 0 Å². The van der Waals surface area contributed by atoms with Gasteiger partial charge in [-0.2, -0.15) is 13.2 Å². The monoisotopic (exact) mass is 595 g/mol. The number of hydrogen-bond donors (Lipinski definition) is 2. The van der Waals surface area contributed by atoms with E-state index in [1.54, 1.807) is 24.7 Å². The number of amides is 1. The second kappa shape index (κ2) is 12.3. The van der Waals surface area contributed by atoms with Crippen LogP contribution in [-0.2, 0) is 14.3 Å². The van der Waals surface area contributed by atoms with Crippen LogP contribution in [0.4, 0.5) is 30.4 Å². The van der Waals surface area contributed by atoms with E-state index >= 15 is 0 Å². The van der Waals surface area contributed by atoms with Crippen molar-refractivity contribution >= 4 is 34.3 Å². The number of anilines is 3. The SMILES string of the molecule is Cc1ccc(NC(=O)CC2CCOC(C(F)(F)F)C2)cc1Nc1ncccc1-c1ncnc2c1ncn2C1CCCCO1. The lowest BCUT2D eigenvalue weighted by Crippen LogP contribution is -2.38. The van der Waals surface area contributed by atoms with Crippen LogP contribution in [0.15, 0.2) is 49.2 Å². The summed E-state index contributed by atoms with van der Waals surface area (Å²) in [5.41, 5.74) is 4.77. The minimum atomic E-state index is -4.43. The number of aromatic nitrogens is 5. The summed E-state index contributed by atoms with van der Waals surface area (Å²) in [5.74, 6) is -0.211. The molecular formula is C30H32F3N7O3. The predicted molar refractivity (Wildman–Crippen MR) is 154 cm³/mol. The fourth-order valence-corrected chi connectivity index (χ4v) is 5.61. The van der Waals surface area contributed by atoms with Gasteiger partial charge in [0, 0.05) is 42.8 Å². The third-order valence-corrected chi connectivity index (χ3v) is 7.89. The Bertz CT molecular complexity index is 1600. The van der Waals surface area contributed by atoms with Gasteiger partial charge in [0.05, 0.1) is 6.33 Å². The van der Waals surface area contributed by atoms with Gasteiger partial charge in [-0.3, -0.25) is 9.36 Å². The van der Waals surface area contributed by atoms with Gasteiger partial charge in [-0.25, -0.2) is 19.9 Å². The van der Waals surface area contributed by atoms with Gasteiger partial charge < -0.3 is 20.1 Å². The standard InChI is InChI=1S/C30H32F3N7O3/c1-18-7-8-20(38-24(41)14-19-9-12-42-23(13-19)30(31,32)33)15-22(18)39-28-21(5-4-10-34-28)26-27-29(36-16-35-26)40(17-37-27)25-6-2-3-11-43-25/h4-5,7-8,10,15-17,19,23,25H,2-3,6,9,11-14H2,1H3,(H,34,39)(H,38,41). The number of benzene rings is 1. The van der Waals surface area contributed by atoms with E-state index < -0.39 is 18.2 Å². The zero-order chi connectivity index (χ0) is 30.0. The van der Waals surface area contributed by atoms with Crippen LogP contribution in [0.1, 0.15) is 50.3 Å². The number of hydrogen-bond acceptors (Lipinski definition) is 8. The van der Waals surface area contributed by atoms with Crippen LogP contribution in [-0.4, -0.2) is 55.9 Å². The van der Waals surface area contributed by atoms with E-state index in [0.29, 0.717) is 47.1 Å². The molecule has 2 N–H and O–H groups in total. The van der Waals surface area contributed by atoms with Crippen LogP contribution >= 0.6 is 0 Å².